The molecule has 1 saturated heterocycles. The van der Waals surface area contributed by atoms with Crippen molar-refractivity contribution in [2.24, 2.45) is 0 Å². The lowest BCUT2D eigenvalue weighted by Crippen LogP contribution is -2.38. The number of nitrogens with one attached hydrogen (secondary N) is 1. The highest BCUT2D eigenvalue weighted by molar-refractivity contribution is 5.31. The fraction of sp³-hybridized carbons (Fsp3) is 0.600. The molecule has 1 heterocycles. The summed E-state index contributed by atoms with van der Waals surface area (Å²) in [5, 5.41) is 1.44. The third-order valence-corrected chi connectivity index (χ3v) is 4.39. The van der Waals surface area contributed by atoms with E-state index in [0.29, 0.717) is 0 Å². The standard InChI is InChI=1S/C15H19F3N2/c16-15(17,18)14(12-8-4-3-5-9-12)19-20(14)13-10-6-1-2-7-11-13/h3-5,8-9,13,19H,1-2,6-7,10-11H2. The Kier molecular flexibility index (Phi) is 3.50. The Labute approximate surface area is 116 Å². The lowest BCUT2D eigenvalue weighted by molar-refractivity contribution is -0.178. The monoisotopic (exact) mass is 284 g/mol. The lowest BCUT2D eigenvalue weighted by Gasteiger charge is -2.23. The van der Waals surface area contributed by atoms with E-state index in [1.165, 1.54) is 5.01 Å². The first-order chi connectivity index (χ1) is 9.56. The van der Waals surface area contributed by atoms with Crippen molar-refractivity contribution in [3.8, 4) is 0 Å². The molecule has 110 valence electrons. The Morgan fingerprint density at radius 3 is 2.15 bits per heavy atom. The van der Waals surface area contributed by atoms with Crippen molar-refractivity contribution in [3.63, 3.8) is 0 Å². The van der Waals surface area contributed by atoms with Crippen LogP contribution in [0.1, 0.15) is 44.1 Å². The summed E-state index contributed by atoms with van der Waals surface area (Å²) in [5.74, 6) is 0. The molecule has 20 heavy (non-hydrogen) atoms. The van der Waals surface area contributed by atoms with Crippen molar-refractivity contribution in [2.75, 3.05) is 0 Å². The van der Waals surface area contributed by atoms with E-state index in [1.54, 1.807) is 30.3 Å². The summed E-state index contributed by atoms with van der Waals surface area (Å²) in [6, 6.07) is 8.15. The molecule has 0 radical (unpaired) electrons. The van der Waals surface area contributed by atoms with Crippen molar-refractivity contribution in [2.45, 2.75) is 56.4 Å². The molecule has 1 N–H and O–H groups in total. The molecule has 0 spiro atoms. The zero-order valence-electron chi connectivity index (χ0n) is 11.3. The Morgan fingerprint density at radius 2 is 1.60 bits per heavy atom. The first kappa shape index (κ1) is 13.9. The van der Waals surface area contributed by atoms with Gasteiger partial charge < -0.3 is 0 Å². The van der Waals surface area contributed by atoms with Crippen LogP contribution in [-0.2, 0) is 5.66 Å². The summed E-state index contributed by atoms with van der Waals surface area (Å²) in [5.41, 5.74) is 0.964. The first-order valence-electron chi connectivity index (χ1n) is 7.25. The molecule has 1 aliphatic carbocycles. The summed E-state index contributed by atoms with van der Waals surface area (Å²) in [6.07, 6.45) is 1.69. The van der Waals surface area contributed by atoms with Gasteiger partial charge in [0, 0.05) is 6.04 Å². The van der Waals surface area contributed by atoms with Gasteiger partial charge in [0.05, 0.1) is 0 Å². The lowest BCUT2D eigenvalue weighted by atomic mass is 10.0. The van der Waals surface area contributed by atoms with Crippen molar-refractivity contribution in [1.82, 2.24) is 10.4 Å². The number of alkyl halides is 3. The molecule has 2 unspecified atom stereocenters. The summed E-state index contributed by atoms with van der Waals surface area (Å²) in [6.45, 7) is 0. The molecule has 0 amide bonds. The van der Waals surface area contributed by atoms with E-state index in [2.05, 4.69) is 5.43 Å². The summed E-state index contributed by atoms with van der Waals surface area (Å²) in [4.78, 5) is 0. The normalized spacial score (nSPS) is 31.9. The predicted molar refractivity (Wildman–Crippen MR) is 70.6 cm³/mol. The number of halogens is 3. The van der Waals surface area contributed by atoms with Crippen molar-refractivity contribution >= 4 is 0 Å². The number of hydrogen-bond donors (Lipinski definition) is 1. The van der Waals surface area contributed by atoms with Gasteiger partial charge in [0.2, 0.25) is 5.66 Å². The van der Waals surface area contributed by atoms with Gasteiger partial charge in [0.1, 0.15) is 0 Å². The molecule has 0 bridgehead atoms. The summed E-state index contributed by atoms with van der Waals surface area (Å²) < 4.78 is 40.8. The van der Waals surface area contributed by atoms with E-state index in [-0.39, 0.29) is 11.6 Å². The van der Waals surface area contributed by atoms with E-state index >= 15 is 0 Å². The van der Waals surface area contributed by atoms with E-state index < -0.39 is 11.8 Å². The van der Waals surface area contributed by atoms with Crippen LogP contribution in [-0.4, -0.2) is 17.2 Å². The largest absolute Gasteiger partial charge is 0.426 e. The number of benzene rings is 1. The molecule has 1 aliphatic heterocycles. The minimum Gasteiger partial charge on any atom is -0.219 e. The topological polar surface area (TPSA) is 25.0 Å². The van der Waals surface area contributed by atoms with Crippen LogP contribution in [0.15, 0.2) is 30.3 Å². The van der Waals surface area contributed by atoms with Gasteiger partial charge in [-0.25, -0.2) is 10.4 Å². The van der Waals surface area contributed by atoms with Gasteiger partial charge in [-0.15, -0.1) is 0 Å². The number of hydrogen-bond acceptors (Lipinski definition) is 2. The molecule has 3 rings (SSSR count). The van der Waals surface area contributed by atoms with Gasteiger partial charge in [-0.3, -0.25) is 0 Å². The van der Waals surface area contributed by atoms with Gasteiger partial charge >= 0.3 is 6.18 Å². The highest BCUT2D eigenvalue weighted by Crippen LogP contribution is 2.52. The quantitative estimate of drug-likeness (QED) is 0.657. The van der Waals surface area contributed by atoms with Crippen LogP contribution in [0.25, 0.3) is 0 Å². The Bertz CT molecular complexity index is 452. The zero-order valence-corrected chi connectivity index (χ0v) is 11.3. The Balaban J connectivity index is 1.88. The van der Waals surface area contributed by atoms with Crippen LogP contribution in [0, 0.1) is 0 Å². The van der Waals surface area contributed by atoms with Crippen LogP contribution in [0.2, 0.25) is 0 Å². The van der Waals surface area contributed by atoms with Crippen LogP contribution >= 0.6 is 0 Å². The van der Waals surface area contributed by atoms with Crippen LogP contribution in [0.4, 0.5) is 13.2 Å². The number of rotatable bonds is 2. The molecule has 2 atom stereocenters. The van der Waals surface area contributed by atoms with E-state index in [1.807, 2.05) is 0 Å². The Morgan fingerprint density at radius 1 is 1.00 bits per heavy atom. The highest BCUT2D eigenvalue weighted by atomic mass is 19.4. The minimum absolute atomic E-state index is 0.0145. The fourth-order valence-electron chi connectivity index (χ4n) is 3.28. The van der Waals surface area contributed by atoms with Gasteiger partial charge in [-0.1, -0.05) is 56.0 Å². The maximum Gasteiger partial charge on any atom is 0.426 e. The fourth-order valence-corrected chi connectivity index (χ4v) is 3.28. The summed E-state index contributed by atoms with van der Waals surface area (Å²) >= 11 is 0. The van der Waals surface area contributed by atoms with E-state index in [9.17, 15) is 13.2 Å². The molecule has 1 aromatic carbocycles. The van der Waals surface area contributed by atoms with Crippen molar-refractivity contribution in [3.05, 3.63) is 35.9 Å². The molecular weight excluding hydrogens is 265 g/mol. The SMILES string of the molecule is FC(F)(F)C1(c2ccccc2)NN1C1CCCCCC1. The average molecular weight is 284 g/mol. The van der Waals surface area contributed by atoms with Gasteiger partial charge in [0.25, 0.3) is 0 Å². The van der Waals surface area contributed by atoms with Gasteiger partial charge in [-0.05, 0) is 18.4 Å². The van der Waals surface area contributed by atoms with Crippen LogP contribution in [0.3, 0.4) is 0 Å². The smallest absolute Gasteiger partial charge is 0.219 e. The molecule has 1 saturated carbocycles. The van der Waals surface area contributed by atoms with E-state index in [4.69, 9.17) is 0 Å². The molecule has 2 aliphatic rings. The molecule has 1 aromatic rings. The maximum atomic E-state index is 13.6. The van der Waals surface area contributed by atoms with Crippen molar-refractivity contribution in [1.29, 1.82) is 0 Å². The summed E-state index contributed by atoms with van der Waals surface area (Å²) in [7, 11) is 0. The van der Waals surface area contributed by atoms with Crippen molar-refractivity contribution < 1.29 is 13.2 Å². The molecule has 2 nitrogen and oxygen atoms in total. The van der Waals surface area contributed by atoms with Gasteiger partial charge in [-0.2, -0.15) is 13.2 Å². The minimum atomic E-state index is -4.30. The van der Waals surface area contributed by atoms with Crippen LogP contribution < -0.4 is 5.43 Å². The Hall–Kier alpha value is -1.07. The zero-order chi connectivity index (χ0) is 14.2. The second-order valence-electron chi connectivity index (χ2n) is 5.70. The average Bonchev–Trinajstić information content (AvgIpc) is 3.20. The molecule has 5 heteroatoms. The number of nitrogens with zero attached hydrogens (tertiary/aromatic N) is 1. The third kappa shape index (κ3) is 2.23. The van der Waals surface area contributed by atoms with E-state index in [0.717, 1.165) is 38.5 Å². The second kappa shape index (κ2) is 5.04. The number of hydrazine groups is 1. The van der Waals surface area contributed by atoms with Gasteiger partial charge in [0.15, 0.2) is 0 Å². The predicted octanol–water partition coefficient (Wildman–Crippen LogP) is 3.94. The first-order valence-corrected chi connectivity index (χ1v) is 7.25. The molecular formula is C15H19F3N2. The maximum absolute atomic E-state index is 13.6. The second-order valence-corrected chi connectivity index (χ2v) is 5.70. The molecule has 2 fully saturated rings. The van der Waals surface area contributed by atoms with Crippen LogP contribution in [0.5, 0.6) is 0 Å². The molecule has 0 aromatic heterocycles. The third-order valence-electron chi connectivity index (χ3n) is 4.39. The highest BCUT2D eigenvalue weighted by Gasteiger charge is 2.72.